The Morgan fingerprint density at radius 1 is 1.17 bits per heavy atom. The zero-order valence-corrected chi connectivity index (χ0v) is 13.6. The van der Waals surface area contributed by atoms with Crippen LogP contribution in [0.1, 0.15) is 28.4 Å². The third kappa shape index (κ3) is 5.24. The van der Waals surface area contributed by atoms with Crippen molar-refractivity contribution in [2.75, 3.05) is 11.9 Å². The lowest BCUT2D eigenvalue weighted by atomic mass is 10.1. The molecule has 0 radical (unpaired) electrons. The number of benzene rings is 2. The van der Waals surface area contributed by atoms with Crippen molar-refractivity contribution in [1.29, 1.82) is 0 Å². The summed E-state index contributed by atoms with van der Waals surface area (Å²) in [6.45, 7) is 3.96. The average Bonchev–Trinajstić information content (AvgIpc) is 2.56. The molecule has 0 saturated heterocycles. The minimum atomic E-state index is -0.613. The predicted molar refractivity (Wildman–Crippen MR) is 93.3 cm³/mol. The lowest BCUT2D eigenvalue weighted by Crippen LogP contribution is -2.18. The summed E-state index contributed by atoms with van der Waals surface area (Å²) in [7, 11) is 0. The van der Waals surface area contributed by atoms with E-state index in [0.29, 0.717) is 11.3 Å². The van der Waals surface area contributed by atoms with Crippen molar-refractivity contribution in [3.05, 3.63) is 65.2 Å². The zero-order valence-electron chi connectivity index (χ0n) is 13.6. The number of amides is 2. The van der Waals surface area contributed by atoms with Gasteiger partial charge in [-0.25, -0.2) is 10.2 Å². The molecule has 0 aliphatic heterocycles. The maximum Gasteiger partial charge on any atom is 0.427 e. The number of anilines is 1. The molecule has 6 nitrogen and oxygen atoms in total. The van der Waals surface area contributed by atoms with Gasteiger partial charge in [-0.15, -0.1) is 0 Å². The number of ether oxygens (including phenoxy) is 1. The van der Waals surface area contributed by atoms with Gasteiger partial charge in [0.05, 0.1) is 12.8 Å². The number of nitrogens with one attached hydrogen (secondary N) is 2. The van der Waals surface area contributed by atoms with Crippen molar-refractivity contribution in [2.45, 2.75) is 13.8 Å². The summed E-state index contributed by atoms with van der Waals surface area (Å²) in [5.41, 5.74) is 5.30. The fourth-order valence-electron chi connectivity index (χ4n) is 1.93. The van der Waals surface area contributed by atoms with E-state index in [4.69, 9.17) is 4.74 Å². The average molecular weight is 325 g/mol. The summed E-state index contributed by atoms with van der Waals surface area (Å²) in [4.78, 5) is 23.3. The van der Waals surface area contributed by atoms with E-state index in [1.54, 1.807) is 43.3 Å². The molecule has 0 spiro atoms. The Hall–Kier alpha value is -3.15. The largest absolute Gasteiger partial charge is 0.449 e. The standard InChI is InChI=1S/C18H19N3O3/c1-3-24-18(23)21-19-12-14-5-4-6-16(11-14)20-17(22)15-9-7-13(2)8-10-15/h4-12H,3H2,1-2H3,(H,20,22)(H,21,23)/b19-12+. The van der Waals surface area contributed by atoms with Crippen LogP contribution in [0, 0.1) is 6.92 Å². The molecule has 2 amide bonds. The number of hydrazone groups is 1. The van der Waals surface area contributed by atoms with Gasteiger partial charge in [-0.05, 0) is 43.7 Å². The van der Waals surface area contributed by atoms with Crippen molar-refractivity contribution in [1.82, 2.24) is 5.43 Å². The minimum absolute atomic E-state index is 0.186. The Bertz CT molecular complexity index is 739. The molecule has 0 aromatic heterocycles. The van der Waals surface area contributed by atoms with Crippen LogP contribution in [0.5, 0.6) is 0 Å². The fourth-order valence-corrected chi connectivity index (χ4v) is 1.93. The van der Waals surface area contributed by atoms with Gasteiger partial charge >= 0.3 is 6.09 Å². The van der Waals surface area contributed by atoms with Crippen molar-refractivity contribution in [2.24, 2.45) is 5.10 Å². The quantitative estimate of drug-likeness (QED) is 0.653. The van der Waals surface area contributed by atoms with Crippen molar-refractivity contribution in [3.8, 4) is 0 Å². The highest BCUT2D eigenvalue weighted by Crippen LogP contribution is 2.12. The number of carbonyl (C=O) groups is 2. The zero-order chi connectivity index (χ0) is 17.4. The van der Waals surface area contributed by atoms with Gasteiger partial charge in [0, 0.05) is 11.3 Å². The first-order valence-electron chi connectivity index (χ1n) is 7.52. The number of hydrogen-bond acceptors (Lipinski definition) is 4. The van der Waals surface area contributed by atoms with Gasteiger partial charge in [-0.1, -0.05) is 29.8 Å². The highest BCUT2D eigenvalue weighted by Gasteiger charge is 2.05. The third-order valence-electron chi connectivity index (χ3n) is 3.10. The Morgan fingerprint density at radius 2 is 1.92 bits per heavy atom. The van der Waals surface area contributed by atoms with E-state index in [0.717, 1.165) is 11.1 Å². The van der Waals surface area contributed by atoms with Crippen LogP contribution in [-0.4, -0.2) is 24.8 Å². The Kier molecular flexibility index (Phi) is 6.08. The molecule has 2 aromatic carbocycles. The highest BCUT2D eigenvalue weighted by atomic mass is 16.5. The molecule has 2 aromatic rings. The van der Waals surface area contributed by atoms with Gasteiger partial charge in [0.1, 0.15) is 0 Å². The second-order valence-corrected chi connectivity index (χ2v) is 5.04. The van der Waals surface area contributed by atoms with Crippen LogP contribution < -0.4 is 10.7 Å². The molecule has 0 bridgehead atoms. The van der Waals surface area contributed by atoms with Crippen LogP contribution in [0.2, 0.25) is 0 Å². The Morgan fingerprint density at radius 3 is 2.62 bits per heavy atom. The normalized spacial score (nSPS) is 10.4. The van der Waals surface area contributed by atoms with E-state index in [1.807, 2.05) is 19.1 Å². The van der Waals surface area contributed by atoms with Crippen LogP contribution in [-0.2, 0) is 4.74 Å². The van der Waals surface area contributed by atoms with E-state index in [-0.39, 0.29) is 12.5 Å². The molecule has 0 heterocycles. The van der Waals surface area contributed by atoms with Crippen LogP contribution in [0.25, 0.3) is 0 Å². The lowest BCUT2D eigenvalue weighted by Gasteiger charge is -2.06. The van der Waals surface area contributed by atoms with E-state index < -0.39 is 6.09 Å². The van der Waals surface area contributed by atoms with Gasteiger partial charge in [-0.2, -0.15) is 5.10 Å². The first kappa shape index (κ1) is 17.2. The highest BCUT2D eigenvalue weighted by molar-refractivity contribution is 6.04. The number of carbonyl (C=O) groups excluding carboxylic acids is 2. The summed E-state index contributed by atoms with van der Waals surface area (Å²) in [6.07, 6.45) is 0.857. The van der Waals surface area contributed by atoms with Gasteiger partial charge in [0.2, 0.25) is 0 Å². The molecule has 0 atom stereocenters. The van der Waals surface area contributed by atoms with Crippen molar-refractivity contribution in [3.63, 3.8) is 0 Å². The molecule has 0 unspecified atom stereocenters. The number of rotatable bonds is 5. The molecule has 6 heteroatoms. The number of aryl methyl sites for hydroxylation is 1. The molecule has 0 aliphatic carbocycles. The molecular formula is C18H19N3O3. The van der Waals surface area contributed by atoms with Crippen LogP contribution in [0.15, 0.2) is 53.6 Å². The van der Waals surface area contributed by atoms with Gasteiger partial charge in [0.15, 0.2) is 0 Å². The van der Waals surface area contributed by atoms with E-state index in [9.17, 15) is 9.59 Å². The molecule has 0 fully saturated rings. The van der Waals surface area contributed by atoms with Gasteiger partial charge in [0.25, 0.3) is 5.91 Å². The minimum Gasteiger partial charge on any atom is -0.449 e. The summed E-state index contributed by atoms with van der Waals surface area (Å²) in [5, 5.41) is 6.61. The third-order valence-corrected chi connectivity index (χ3v) is 3.10. The first-order valence-corrected chi connectivity index (χ1v) is 7.52. The predicted octanol–water partition coefficient (Wildman–Crippen LogP) is 3.33. The van der Waals surface area contributed by atoms with Crippen LogP contribution in [0.4, 0.5) is 10.5 Å². The Labute approximate surface area is 140 Å². The summed E-state index contributed by atoms with van der Waals surface area (Å²) in [5.74, 6) is -0.186. The Balaban J connectivity index is 1.99. The molecular weight excluding hydrogens is 306 g/mol. The van der Waals surface area contributed by atoms with Gasteiger partial charge in [-0.3, -0.25) is 4.79 Å². The molecule has 124 valence electrons. The SMILES string of the molecule is CCOC(=O)N/N=C/c1cccc(NC(=O)c2ccc(C)cc2)c1. The van der Waals surface area contributed by atoms with Crippen molar-refractivity contribution < 1.29 is 14.3 Å². The fraction of sp³-hybridized carbons (Fsp3) is 0.167. The second-order valence-electron chi connectivity index (χ2n) is 5.04. The monoisotopic (exact) mass is 325 g/mol. The van der Waals surface area contributed by atoms with Crippen LogP contribution in [0.3, 0.4) is 0 Å². The van der Waals surface area contributed by atoms with E-state index in [2.05, 4.69) is 15.8 Å². The van der Waals surface area contributed by atoms with Crippen molar-refractivity contribution >= 4 is 23.9 Å². The van der Waals surface area contributed by atoms with Gasteiger partial charge < -0.3 is 10.1 Å². The number of nitrogens with zero attached hydrogens (tertiary/aromatic N) is 1. The first-order chi connectivity index (χ1) is 11.6. The van der Waals surface area contributed by atoms with E-state index >= 15 is 0 Å². The molecule has 24 heavy (non-hydrogen) atoms. The second kappa shape index (κ2) is 8.47. The topological polar surface area (TPSA) is 79.8 Å². The summed E-state index contributed by atoms with van der Waals surface area (Å²) < 4.78 is 4.69. The maximum absolute atomic E-state index is 12.2. The van der Waals surface area contributed by atoms with Crippen LogP contribution >= 0.6 is 0 Å². The van der Waals surface area contributed by atoms with E-state index in [1.165, 1.54) is 6.21 Å². The summed E-state index contributed by atoms with van der Waals surface area (Å²) >= 11 is 0. The molecule has 2 N–H and O–H groups in total. The maximum atomic E-state index is 12.2. The lowest BCUT2D eigenvalue weighted by molar-refractivity contribution is 0.102. The smallest absolute Gasteiger partial charge is 0.427 e. The molecule has 0 saturated carbocycles. The molecule has 0 aliphatic rings. The number of hydrogen-bond donors (Lipinski definition) is 2. The molecule has 2 rings (SSSR count). The summed E-state index contributed by atoms with van der Waals surface area (Å²) in [6, 6.07) is 14.5.